The Morgan fingerprint density at radius 1 is 0.947 bits per heavy atom. The van der Waals surface area contributed by atoms with E-state index < -0.39 is 0 Å². The van der Waals surface area contributed by atoms with Crippen molar-refractivity contribution in [1.82, 2.24) is 10.2 Å². The summed E-state index contributed by atoms with van der Waals surface area (Å²) in [5.41, 5.74) is 0. The van der Waals surface area contributed by atoms with E-state index in [1.807, 2.05) is 0 Å². The molecule has 0 radical (unpaired) electrons. The lowest BCUT2D eigenvalue weighted by Gasteiger charge is -2.24. The molecule has 2 N–H and O–H groups in total. The minimum absolute atomic E-state index is 0.0307. The highest BCUT2D eigenvalue weighted by atomic mass is 16.4. The Bertz CT molecular complexity index is 401. The van der Waals surface area contributed by atoms with Crippen LogP contribution in [-0.4, -0.2) is 27.4 Å². The van der Waals surface area contributed by atoms with Gasteiger partial charge in [-0.25, -0.2) is 0 Å². The fourth-order valence-corrected chi connectivity index (χ4v) is 3.26. The molecule has 0 bridgehead atoms. The van der Waals surface area contributed by atoms with Crippen molar-refractivity contribution in [2.24, 2.45) is 0 Å². The van der Waals surface area contributed by atoms with Crippen LogP contribution in [0.2, 0.25) is 0 Å². The molecule has 0 amide bonds. The third kappa shape index (κ3) is 3.08. The van der Waals surface area contributed by atoms with Gasteiger partial charge < -0.3 is 14.8 Å². The molecule has 0 aliphatic heterocycles. The molecule has 2 aliphatic rings. The smallest absolute Gasteiger partial charge is 0.315 e. The van der Waals surface area contributed by atoms with Crippen molar-refractivity contribution in [3.63, 3.8) is 0 Å². The predicted octanol–water partition coefficient (Wildman–Crippen LogP) is 2.83. The largest absolute Gasteiger partial charge is 0.408 e. The summed E-state index contributed by atoms with van der Waals surface area (Å²) in [6, 6.07) is 0.998. The number of nitrogens with zero attached hydrogens (tertiary/aromatic N) is 2. The Labute approximate surface area is 113 Å². The summed E-state index contributed by atoms with van der Waals surface area (Å²) in [6.45, 7) is 0. The van der Waals surface area contributed by atoms with Gasteiger partial charge in [-0.15, -0.1) is 5.10 Å². The first-order chi connectivity index (χ1) is 9.33. The molecule has 2 fully saturated rings. The fourth-order valence-electron chi connectivity index (χ4n) is 3.26. The molecule has 19 heavy (non-hydrogen) atoms. The van der Waals surface area contributed by atoms with Crippen LogP contribution in [0.15, 0.2) is 4.42 Å². The summed E-state index contributed by atoms with van der Waals surface area (Å²) in [7, 11) is 0. The molecule has 1 aromatic rings. The third-order valence-electron chi connectivity index (χ3n) is 4.42. The molecule has 2 saturated carbocycles. The van der Waals surface area contributed by atoms with Crippen LogP contribution in [0.4, 0.5) is 6.01 Å². The first-order valence-corrected chi connectivity index (χ1v) is 7.61. The number of nitrogens with one attached hydrogen (secondary N) is 1. The summed E-state index contributed by atoms with van der Waals surface area (Å²) < 4.78 is 5.70. The van der Waals surface area contributed by atoms with E-state index in [-0.39, 0.29) is 12.0 Å². The molecule has 3 rings (SSSR count). The van der Waals surface area contributed by atoms with Crippen LogP contribution in [0.25, 0.3) is 0 Å². The molecule has 5 nitrogen and oxygen atoms in total. The maximum atomic E-state index is 10.0. The Morgan fingerprint density at radius 2 is 1.68 bits per heavy atom. The summed E-state index contributed by atoms with van der Waals surface area (Å²) >= 11 is 0. The van der Waals surface area contributed by atoms with Crippen molar-refractivity contribution in [2.75, 3.05) is 5.32 Å². The van der Waals surface area contributed by atoms with E-state index in [1.54, 1.807) is 0 Å². The van der Waals surface area contributed by atoms with Gasteiger partial charge in [-0.05, 0) is 25.7 Å². The van der Waals surface area contributed by atoms with E-state index >= 15 is 0 Å². The minimum Gasteiger partial charge on any atom is -0.408 e. The number of aliphatic hydroxyl groups excluding tert-OH is 1. The van der Waals surface area contributed by atoms with Crippen LogP contribution in [0.5, 0.6) is 0 Å². The van der Waals surface area contributed by atoms with E-state index in [1.165, 1.54) is 32.1 Å². The lowest BCUT2D eigenvalue weighted by molar-refractivity contribution is 0.0943. The van der Waals surface area contributed by atoms with E-state index in [2.05, 4.69) is 15.5 Å². The molecular weight excluding hydrogens is 242 g/mol. The summed E-state index contributed by atoms with van der Waals surface area (Å²) in [5, 5.41) is 21.5. The number of aliphatic hydroxyl groups is 1. The molecule has 106 valence electrons. The Balaban J connectivity index is 1.61. The van der Waals surface area contributed by atoms with Crippen molar-refractivity contribution >= 4 is 6.01 Å². The highest BCUT2D eigenvalue weighted by Gasteiger charge is 2.29. The van der Waals surface area contributed by atoms with Crippen LogP contribution in [-0.2, 0) is 0 Å². The number of aromatic nitrogens is 2. The van der Waals surface area contributed by atoms with Crippen LogP contribution in [0, 0.1) is 0 Å². The van der Waals surface area contributed by atoms with Gasteiger partial charge in [-0.2, -0.15) is 0 Å². The Hall–Kier alpha value is -1.10. The second-order valence-electron chi connectivity index (χ2n) is 5.88. The van der Waals surface area contributed by atoms with Crippen LogP contribution >= 0.6 is 0 Å². The number of rotatable bonds is 3. The maximum absolute atomic E-state index is 10.0. The van der Waals surface area contributed by atoms with Gasteiger partial charge in [0.1, 0.15) is 0 Å². The second kappa shape index (κ2) is 5.90. The average Bonchev–Trinajstić information content (AvgIpc) is 2.89. The topological polar surface area (TPSA) is 71.2 Å². The molecule has 0 saturated heterocycles. The zero-order chi connectivity index (χ0) is 13.1. The summed E-state index contributed by atoms with van der Waals surface area (Å²) in [6.07, 6.45) is 9.96. The zero-order valence-electron chi connectivity index (χ0n) is 11.3. The fraction of sp³-hybridized carbons (Fsp3) is 0.857. The van der Waals surface area contributed by atoms with Gasteiger partial charge in [-0.1, -0.05) is 37.2 Å². The van der Waals surface area contributed by atoms with E-state index in [4.69, 9.17) is 4.42 Å². The molecule has 2 atom stereocenters. The van der Waals surface area contributed by atoms with Crippen molar-refractivity contribution in [1.29, 1.82) is 0 Å². The molecular formula is C14H23N3O2. The lowest BCUT2D eigenvalue weighted by atomic mass is 9.86. The van der Waals surface area contributed by atoms with Gasteiger partial charge in [0.05, 0.1) is 12.0 Å². The number of hydrogen-bond donors (Lipinski definition) is 2. The molecule has 0 aromatic carbocycles. The first kappa shape index (κ1) is 12.9. The maximum Gasteiger partial charge on any atom is 0.315 e. The number of hydrogen-bond acceptors (Lipinski definition) is 5. The van der Waals surface area contributed by atoms with Gasteiger partial charge >= 0.3 is 6.01 Å². The Morgan fingerprint density at radius 3 is 2.47 bits per heavy atom. The predicted molar refractivity (Wildman–Crippen MR) is 72.0 cm³/mol. The normalized spacial score (nSPS) is 29.3. The Kier molecular flexibility index (Phi) is 4.01. The minimum atomic E-state index is -0.322. The molecule has 1 heterocycles. The second-order valence-corrected chi connectivity index (χ2v) is 5.88. The van der Waals surface area contributed by atoms with E-state index in [0.29, 0.717) is 17.9 Å². The quantitative estimate of drug-likeness (QED) is 0.879. The molecule has 2 aliphatic carbocycles. The van der Waals surface area contributed by atoms with Crippen LogP contribution < -0.4 is 5.32 Å². The summed E-state index contributed by atoms with van der Waals surface area (Å²) in [4.78, 5) is 0. The van der Waals surface area contributed by atoms with E-state index in [0.717, 1.165) is 25.7 Å². The molecule has 1 aromatic heterocycles. The molecule has 0 spiro atoms. The van der Waals surface area contributed by atoms with Gasteiger partial charge in [0, 0.05) is 6.04 Å². The highest BCUT2D eigenvalue weighted by molar-refractivity contribution is 5.20. The van der Waals surface area contributed by atoms with Crippen molar-refractivity contribution < 1.29 is 9.52 Å². The first-order valence-electron chi connectivity index (χ1n) is 7.61. The van der Waals surface area contributed by atoms with Crippen LogP contribution in [0.3, 0.4) is 0 Å². The van der Waals surface area contributed by atoms with Gasteiger partial charge in [0.2, 0.25) is 5.89 Å². The van der Waals surface area contributed by atoms with Crippen molar-refractivity contribution in [3.05, 3.63) is 5.89 Å². The molecule has 0 unspecified atom stereocenters. The monoisotopic (exact) mass is 265 g/mol. The van der Waals surface area contributed by atoms with Crippen LogP contribution in [0.1, 0.15) is 69.6 Å². The van der Waals surface area contributed by atoms with Crippen molar-refractivity contribution in [2.45, 2.75) is 75.9 Å². The SMILES string of the molecule is O[C@@H]1CCCC[C@@H]1c1nnc(NC2CCCCC2)o1. The van der Waals surface area contributed by atoms with Gasteiger partial charge in [0.25, 0.3) is 0 Å². The lowest BCUT2D eigenvalue weighted by Crippen LogP contribution is -2.23. The van der Waals surface area contributed by atoms with Gasteiger partial charge in [0.15, 0.2) is 0 Å². The molecule has 5 heteroatoms. The van der Waals surface area contributed by atoms with Gasteiger partial charge in [-0.3, -0.25) is 0 Å². The highest BCUT2D eigenvalue weighted by Crippen LogP contribution is 2.33. The third-order valence-corrected chi connectivity index (χ3v) is 4.42. The summed E-state index contributed by atoms with van der Waals surface area (Å²) in [5.74, 6) is 0.633. The standard InChI is InChI=1S/C14H23N3O2/c18-12-9-5-4-8-11(12)13-16-17-14(19-13)15-10-6-2-1-3-7-10/h10-12,18H,1-9H2,(H,15,17)/t11-,12+/m0/s1. The van der Waals surface area contributed by atoms with E-state index in [9.17, 15) is 5.11 Å². The van der Waals surface area contributed by atoms with Crippen molar-refractivity contribution in [3.8, 4) is 0 Å². The number of anilines is 1. The average molecular weight is 265 g/mol. The zero-order valence-corrected chi connectivity index (χ0v) is 11.3.